The minimum Gasteiger partial charge on any atom is -0.481 e. The van der Waals surface area contributed by atoms with E-state index in [0.717, 1.165) is 0 Å². The summed E-state index contributed by atoms with van der Waals surface area (Å²) in [6.45, 7) is 5.75. The summed E-state index contributed by atoms with van der Waals surface area (Å²) < 4.78 is 0. The summed E-state index contributed by atoms with van der Waals surface area (Å²) in [7, 11) is 0. The van der Waals surface area contributed by atoms with E-state index in [9.17, 15) is 14.4 Å². The number of nitrogens with one attached hydrogen (secondary N) is 2. The Bertz CT molecular complexity index is 294. The van der Waals surface area contributed by atoms with Gasteiger partial charge < -0.3 is 15.7 Å². The number of carboxylic acids is 1. The molecule has 0 atom stereocenters. The van der Waals surface area contributed by atoms with Crippen molar-refractivity contribution in [3.05, 3.63) is 0 Å². The van der Waals surface area contributed by atoms with E-state index in [-0.39, 0.29) is 36.7 Å². The van der Waals surface area contributed by atoms with E-state index in [4.69, 9.17) is 5.11 Å². The first-order chi connectivity index (χ1) is 7.70. The van der Waals surface area contributed by atoms with Crippen LogP contribution in [0.5, 0.6) is 0 Å². The standard InChI is InChI=1S/C11H20N2O4/c1-11(2,3)6-8(14)13-7-9(15)12-5-4-10(16)17/h4-7H2,1-3H3,(H,12,15)(H,13,14)(H,16,17). The number of hydrogen-bond acceptors (Lipinski definition) is 3. The third-order valence-electron chi connectivity index (χ3n) is 1.80. The van der Waals surface area contributed by atoms with Gasteiger partial charge in [0, 0.05) is 13.0 Å². The molecule has 0 heterocycles. The van der Waals surface area contributed by atoms with Gasteiger partial charge in [-0.3, -0.25) is 14.4 Å². The van der Waals surface area contributed by atoms with Crippen molar-refractivity contribution in [2.45, 2.75) is 33.6 Å². The number of aliphatic carboxylic acids is 1. The van der Waals surface area contributed by atoms with Gasteiger partial charge in [0.25, 0.3) is 0 Å². The zero-order chi connectivity index (χ0) is 13.5. The maximum atomic E-state index is 11.4. The molecule has 0 aromatic rings. The molecule has 0 aliphatic heterocycles. The van der Waals surface area contributed by atoms with E-state index < -0.39 is 5.97 Å². The minimum absolute atomic E-state index is 0.0727. The first-order valence-electron chi connectivity index (χ1n) is 5.46. The highest BCUT2D eigenvalue weighted by Crippen LogP contribution is 2.17. The zero-order valence-corrected chi connectivity index (χ0v) is 10.5. The van der Waals surface area contributed by atoms with Crippen LogP contribution in [-0.2, 0) is 14.4 Å². The van der Waals surface area contributed by atoms with E-state index in [1.807, 2.05) is 20.8 Å². The lowest BCUT2D eigenvalue weighted by atomic mass is 9.92. The Balaban J connectivity index is 3.70. The third-order valence-corrected chi connectivity index (χ3v) is 1.80. The van der Waals surface area contributed by atoms with Crippen molar-refractivity contribution in [2.75, 3.05) is 13.1 Å². The number of amides is 2. The molecule has 0 bridgehead atoms. The average molecular weight is 244 g/mol. The third kappa shape index (κ3) is 10.7. The quantitative estimate of drug-likeness (QED) is 0.619. The summed E-state index contributed by atoms with van der Waals surface area (Å²) in [4.78, 5) is 32.7. The van der Waals surface area contributed by atoms with Gasteiger partial charge in [0.1, 0.15) is 0 Å². The Kier molecular flexibility index (Phi) is 6.23. The highest BCUT2D eigenvalue weighted by atomic mass is 16.4. The normalized spacial score (nSPS) is 10.8. The molecular formula is C11H20N2O4. The van der Waals surface area contributed by atoms with Crippen molar-refractivity contribution < 1.29 is 19.5 Å². The summed E-state index contributed by atoms with van der Waals surface area (Å²) in [5, 5.41) is 13.2. The molecule has 0 fully saturated rings. The van der Waals surface area contributed by atoms with Gasteiger partial charge in [-0.15, -0.1) is 0 Å². The molecule has 0 aliphatic carbocycles. The van der Waals surface area contributed by atoms with Gasteiger partial charge >= 0.3 is 5.97 Å². The van der Waals surface area contributed by atoms with Crippen molar-refractivity contribution in [1.29, 1.82) is 0 Å². The van der Waals surface area contributed by atoms with Gasteiger partial charge in [0.05, 0.1) is 13.0 Å². The van der Waals surface area contributed by atoms with Crippen molar-refractivity contribution in [1.82, 2.24) is 10.6 Å². The largest absolute Gasteiger partial charge is 0.481 e. The number of hydrogen-bond donors (Lipinski definition) is 3. The molecule has 2 amide bonds. The number of carbonyl (C=O) groups excluding carboxylic acids is 2. The molecule has 6 nitrogen and oxygen atoms in total. The Labute approximate surface area is 101 Å². The molecule has 0 rings (SSSR count). The maximum Gasteiger partial charge on any atom is 0.305 e. The first kappa shape index (κ1) is 15.4. The SMILES string of the molecule is CC(C)(C)CC(=O)NCC(=O)NCCC(=O)O. The molecule has 0 unspecified atom stereocenters. The van der Waals surface area contributed by atoms with Crippen LogP contribution in [0.15, 0.2) is 0 Å². The Morgan fingerprint density at radius 3 is 2.12 bits per heavy atom. The second-order valence-corrected chi connectivity index (χ2v) is 5.01. The molecule has 0 aliphatic rings. The fourth-order valence-electron chi connectivity index (χ4n) is 1.09. The van der Waals surface area contributed by atoms with Crippen molar-refractivity contribution >= 4 is 17.8 Å². The van der Waals surface area contributed by atoms with Gasteiger partial charge in [-0.25, -0.2) is 0 Å². The molecule has 0 aromatic heterocycles. The topological polar surface area (TPSA) is 95.5 Å². The van der Waals surface area contributed by atoms with Crippen LogP contribution in [0.25, 0.3) is 0 Å². The fourth-order valence-corrected chi connectivity index (χ4v) is 1.09. The summed E-state index contributed by atoms with van der Waals surface area (Å²) in [5.41, 5.74) is -0.121. The fraction of sp³-hybridized carbons (Fsp3) is 0.727. The van der Waals surface area contributed by atoms with Crippen LogP contribution in [0, 0.1) is 5.41 Å². The Morgan fingerprint density at radius 2 is 1.65 bits per heavy atom. The van der Waals surface area contributed by atoms with E-state index in [1.54, 1.807) is 0 Å². The predicted molar refractivity (Wildman–Crippen MR) is 62.3 cm³/mol. The first-order valence-corrected chi connectivity index (χ1v) is 5.46. The predicted octanol–water partition coefficient (Wildman–Crippen LogP) is 0.130. The van der Waals surface area contributed by atoms with Gasteiger partial charge in [-0.1, -0.05) is 20.8 Å². The van der Waals surface area contributed by atoms with Crippen LogP contribution in [-0.4, -0.2) is 36.0 Å². The molecule has 0 saturated carbocycles. The summed E-state index contributed by atoms with van der Waals surface area (Å²) in [6.07, 6.45) is 0.219. The van der Waals surface area contributed by atoms with Crippen molar-refractivity contribution in [3.63, 3.8) is 0 Å². The smallest absolute Gasteiger partial charge is 0.305 e. The number of carboxylic acid groups (broad SMARTS) is 1. The van der Waals surface area contributed by atoms with Crippen LogP contribution in [0.2, 0.25) is 0 Å². The van der Waals surface area contributed by atoms with Crippen LogP contribution in [0.4, 0.5) is 0 Å². The summed E-state index contributed by atoms with van der Waals surface area (Å²) >= 11 is 0. The van der Waals surface area contributed by atoms with Gasteiger partial charge in [-0.2, -0.15) is 0 Å². The Hall–Kier alpha value is -1.59. The molecular weight excluding hydrogens is 224 g/mol. The number of carbonyl (C=O) groups is 3. The van der Waals surface area contributed by atoms with Crippen LogP contribution >= 0.6 is 0 Å². The highest BCUT2D eigenvalue weighted by Gasteiger charge is 2.16. The van der Waals surface area contributed by atoms with Gasteiger partial charge in [0.2, 0.25) is 11.8 Å². The molecule has 17 heavy (non-hydrogen) atoms. The van der Waals surface area contributed by atoms with Crippen LogP contribution in [0.1, 0.15) is 33.6 Å². The second kappa shape index (κ2) is 6.88. The summed E-state index contributed by atoms with van der Waals surface area (Å²) in [5.74, 6) is -1.54. The van der Waals surface area contributed by atoms with E-state index in [1.165, 1.54) is 0 Å². The highest BCUT2D eigenvalue weighted by molar-refractivity contribution is 5.85. The monoisotopic (exact) mass is 244 g/mol. The molecule has 3 N–H and O–H groups in total. The maximum absolute atomic E-state index is 11.4. The van der Waals surface area contributed by atoms with E-state index in [2.05, 4.69) is 10.6 Å². The lowest BCUT2D eigenvalue weighted by molar-refractivity contribution is -0.137. The van der Waals surface area contributed by atoms with Gasteiger partial charge in [0.15, 0.2) is 0 Å². The molecule has 98 valence electrons. The van der Waals surface area contributed by atoms with E-state index in [0.29, 0.717) is 6.42 Å². The second-order valence-electron chi connectivity index (χ2n) is 5.01. The molecule has 0 spiro atoms. The lowest BCUT2D eigenvalue weighted by Gasteiger charge is -2.17. The number of rotatable bonds is 6. The molecule has 0 saturated heterocycles. The van der Waals surface area contributed by atoms with Crippen LogP contribution < -0.4 is 10.6 Å². The Morgan fingerprint density at radius 1 is 1.06 bits per heavy atom. The average Bonchev–Trinajstić information content (AvgIpc) is 2.11. The molecule has 0 aromatic carbocycles. The molecule has 0 radical (unpaired) electrons. The van der Waals surface area contributed by atoms with Crippen molar-refractivity contribution in [2.24, 2.45) is 5.41 Å². The summed E-state index contributed by atoms with van der Waals surface area (Å²) in [6, 6.07) is 0. The zero-order valence-electron chi connectivity index (χ0n) is 10.5. The van der Waals surface area contributed by atoms with Gasteiger partial charge in [-0.05, 0) is 5.41 Å². The molecule has 6 heteroatoms. The van der Waals surface area contributed by atoms with Crippen LogP contribution in [0.3, 0.4) is 0 Å². The van der Waals surface area contributed by atoms with E-state index >= 15 is 0 Å². The lowest BCUT2D eigenvalue weighted by Crippen LogP contribution is -2.38. The minimum atomic E-state index is -0.970. The van der Waals surface area contributed by atoms with Crippen molar-refractivity contribution in [3.8, 4) is 0 Å².